The molecule has 0 fully saturated rings. The molecule has 0 amide bonds. The molecule has 0 saturated carbocycles. The van der Waals surface area contributed by atoms with Gasteiger partial charge in [0.05, 0.1) is 0 Å². The summed E-state index contributed by atoms with van der Waals surface area (Å²) in [4.78, 5) is 11.1. The minimum Gasteiger partial charge on any atom is -0.477 e. The average molecular weight is 193 g/mol. The third-order valence-electron chi connectivity index (χ3n) is 3.14. The van der Waals surface area contributed by atoms with Crippen LogP contribution >= 0.6 is 0 Å². The van der Waals surface area contributed by atoms with Gasteiger partial charge in [-0.05, 0) is 36.8 Å². The molecule has 2 rings (SSSR count). The van der Waals surface area contributed by atoms with Crippen molar-refractivity contribution in [3.8, 4) is 0 Å². The Morgan fingerprint density at radius 3 is 2.79 bits per heavy atom. The molecule has 0 atom stereocenters. The lowest BCUT2D eigenvalue weighted by Gasteiger charge is -2.03. The molecule has 1 aromatic heterocycles. The fourth-order valence-electron chi connectivity index (χ4n) is 2.56. The molecule has 1 aliphatic rings. The van der Waals surface area contributed by atoms with Crippen LogP contribution in [0, 0.1) is 0 Å². The minimum absolute atomic E-state index is 0.497. The monoisotopic (exact) mass is 193 g/mol. The lowest BCUT2D eigenvalue weighted by molar-refractivity contribution is 0.0685. The van der Waals surface area contributed by atoms with Crippen LogP contribution in [0.5, 0.6) is 0 Å². The molecule has 0 bridgehead atoms. The first kappa shape index (κ1) is 9.31. The van der Waals surface area contributed by atoms with Crippen LogP contribution in [0.15, 0.2) is 0 Å². The quantitative estimate of drug-likeness (QED) is 0.777. The van der Waals surface area contributed by atoms with Gasteiger partial charge >= 0.3 is 5.97 Å². The summed E-state index contributed by atoms with van der Waals surface area (Å²) in [6.45, 7) is 2.03. The predicted octanol–water partition coefficient (Wildman–Crippen LogP) is 1.77. The fraction of sp³-hybridized carbons (Fsp3) is 0.545. The van der Waals surface area contributed by atoms with Crippen molar-refractivity contribution in [1.82, 2.24) is 4.57 Å². The predicted molar refractivity (Wildman–Crippen MR) is 53.8 cm³/mol. The Morgan fingerprint density at radius 1 is 1.50 bits per heavy atom. The molecular weight excluding hydrogens is 178 g/mol. The van der Waals surface area contributed by atoms with Gasteiger partial charge in [-0.1, -0.05) is 6.92 Å². The van der Waals surface area contributed by atoms with Crippen molar-refractivity contribution in [3.63, 3.8) is 0 Å². The number of hydrogen-bond acceptors (Lipinski definition) is 1. The second-order valence-corrected chi connectivity index (χ2v) is 3.82. The maximum Gasteiger partial charge on any atom is 0.352 e. The van der Waals surface area contributed by atoms with E-state index in [1.807, 2.05) is 18.5 Å². The van der Waals surface area contributed by atoms with Crippen molar-refractivity contribution in [1.29, 1.82) is 0 Å². The SMILES string of the molecule is CCc1c2c(n(C)c1C(=O)O)CCC2. The summed E-state index contributed by atoms with van der Waals surface area (Å²) in [5, 5.41) is 9.11. The van der Waals surface area contributed by atoms with E-state index < -0.39 is 5.97 Å². The number of carboxylic acids is 1. The van der Waals surface area contributed by atoms with Crippen LogP contribution in [0.3, 0.4) is 0 Å². The van der Waals surface area contributed by atoms with Crippen LogP contribution in [-0.4, -0.2) is 15.6 Å². The first-order chi connectivity index (χ1) is 6.66. The van der Waals surface area contributed by atoms with Gasteiger partial charge in [-0.2, -0.15) is 0 Å². The third kappa shape index (κ3) is 1.08. The highest BCUT2D eigenvalue weighted by Crippen LogP contribution is 2.30. The number of nitrogens with zero attached hydrogens (tertiary/aromatic N) is 1. The first-order valence-electron chi connectivity index (χ1n) is 5.09. The maximum absolute atomic E-state index is 11.1. The standard InChI is InChI=1S/C11H15NO2/c1-3-7-8-5-4-6-9(8)12(2)10(7)11(13)14/h3-6H2,1-2H3,(H,13,14). The molecule has 3 heteroatoms. The first-order valence-corrected chi connectivity index (χ1v) is 5.09. The van der Waals surface area contributed by atoms with Crippen LogP contribution in [0.2, 0.25) is 0 Å². The molecule has 0 unspecified atom stereocenters. The van der Waals surface area contributed by atoms with Crippen LogP contribution in [0.25, 0.3) is 0 Å². The van der Waals surface area contributed by atoms with E-state index in [-0.39, 0.29) is 0 Å². The summed E-state index contributed by atoms with van der Waals surface area (Å²) in [6, 6.07) is 0. The molecule has 0 spiro atoms. The Kier molecular flexibility index (Phi) is 2.10. The molecule has 1 N–H and O–H groups in total. The highest BCUT2D eigenvalue weighted by Gasteiger charge is 2.26. The number of aromatic nitrogens is 1. The van der Waals surface area contributed by atoms with Gasteiger partial charge in [0, 0.05) is 12.7 Å². The van der Waals surface area contributed by atoms with Gasteiger partial charge in [0.1, 0.15) is 5.69 Å². The summed E-state index contributed by atoms with van der Waals surface area (Å²) < 4.78 is 1.86. The Hall–Kier alpha value is -1.25. The van der Waals surface area contributed by atoms with Gasteiger partial charge < -0.3 is 9.67 Å². The summed E-state index contributed by atoms with van der Waals surface area (Å²) in [5.74, 6) is -0.793. The summed E-state index contributed by atoms with van der Waals surface area (Å²) >= 11 is 0. The fourth-order valence-corrected chi connectivity index (χ4v) is 2.56. The Labute approximate surface area is 83.4 Å². The van der Waals surface area contributed by atoms with E-state index in [1.165, 1.54) is 17.7 Å². The smallest absolute Gasteiger partial charge is 0.352 e. The second kappa shape index (κ2) is 3.15. The third-order valence-corrected chi connectivity index (χ3v) is 3.14. The van der Waals surface area contributed by atoms with Crippen molar-refractivity contribution < 1.29 is 9.90 Å². The van der Waals surface area contributed by atoms with E-state index in [1.54, 1.807) is 0 Å². The topological polar surface area (TPSA) is 42.2 Å². The average Bonchev–Trinajstić information content (AvgIpc) is 2.67. The van der Waals surface area contributed by atoms with Crippen LogP contribution in [0.4, 0.5) is 0 Å². The molecular formula is C11H15NO2. The Morgan fingerprint density at radius 2 is 2.21 bits per heavy atom. The highest BCUT2D eigenvalue weighted by molar-refractivity contribution is 5.88. The summed E-state index contributed by atoms with van der Waals surface area (Å²) in [5.41, 5.74) is 4.08. The number of rotatable bonds is 2. The molecule has 0 radical (unpaired) electrons. The van der Waals surface area contributed by atoms with Crippen molar-refractivity contribution in [2.75, 3.05) is 0 Å². The molecule has 76 valence electrons. The van der Waals surface area contributed by atoms with Crippen LogP contribution < -0.4 is 0 Å². The molecule has 1 heterocycles. The van der Waals surface area contributed by atoms with E-state index in [0.717, 1.165) is 24.8 Å². The van der Waals surface area contributed by atoms with Crippen molar-refractivity contribution in [2.24, 2.45) is 7.05 Å². The van der Waals surface area contributed by atoms with Gasteiger partial charge in [-0.3, -0.25) is 0 Å². The molecule has 0 aliphatic heterocycles. The number of aromatic carboxylic acids is 1. The highest BCUT2D eigenvalue weighted by atomic mass is 16.4. The lowest BCUT2D eigenvalue weighted by Crippen LogP contribution is -2.09. The second-order valence-electron chi connectivity index (χ2n) is 3.82. The number of fused-ring (bicyclic) bond motifs is 1. The maximum atomic E-state index is 11.1. The van der Waals surface area contributed by atoms with Crippen molar-refractivity contribution in [2.45, 2.75) is 32.6 Å². The zero-order chi connectivity index (χ0) is 10.3. The van der Waals surface area contributed by atoms with Crippen molar-refractivity contribution >= 4 is 5.97 Å². The molecule has 0 saturated heterocycles. The van der Waals surface area contributed by atoms with Gasteiger partial charge in [0.2, 0.25) is 0 Å². The normalized spacial score (nSPS) is 14.4. The zero-order valence-electron chi connectivity index (χ0n) is 8.63. The summed E-state index contributed by atoms with van der Waals surface area (Å²) in [6.07, 6.45) is 4.09. The van der Waals surface area contributed by atoms with Crippen LogP contribution in [0.1, 0.15) is 40.7 Å². The molecule has 1 aliphatic carbocycles. The summed E-state index contributed by atoms with van der Waals surface area (Å²) in [7, 11) is 1.87. The Bertz CT molecular complexity index is 390. The van der Waals surface area contributed by atoms with E-state index in [2.05, 4.69) is 0 Å². The lowest BCUT2D eigenvalue weighted by atomic mass is 10.1. The number of carboxylic acid groups (broad SMARTS) is 1. The molecule has 1 aromatic rings. The van der Waals surface area contributed by atoms with E-state index in [4.69, 9.17) is 5.11 Å². The number of hydrogen-bond donors (Lipinski definition) is 1. The molecule has 14 heavy (non-hydrogen) atoms. The van der Waals surface area contributed by atoms with E-state index >= 15 is 0 Å². The van der Waals surface area contributed by atoms with Crippen LogP contribution in [-0.2, 0) is 26.3 Å². The van der Waals surface area contributed by atoms with Gasteiger partial charge in [-0.25, -0.2) is 4.79 Å². The van der Waals surface area contributed by atoms with E-state index in [0.29, 0.717) is 5.69 Å². The van der Waals surface area contributed by atoms with Gasteiger partial charge in [0.15, 0.2) is 0 Å². The largest absolute Gasteiger partial charge is 0.477 e. The Balaban J connectivity index is 2.66. The van der Waals surface area contributed by atoms with Gasteiger partial charge in [-0.15, -0.1) is 0 Å². The van der Waals surface area contributed by atoms with Crippen molar-refractivity contribution in [3.05, 3.63) is 22.5 Å². The van der Waals surface area contributed by atoms with E-state index in [9.17, 15) is 4.79 Å². The molecule has 3 nitrogen and oxygen atoms in total. The number of carbonyl (C=O) groups is 1. The minimum atomic E-state index is -0.793. The molecule has 0 aromatic carbocycles. The zero-order valence-corrected chi connectivity index (χ0v) is 8.63. The van der Waals surface area contributed by atoms with Gasteiger partial charge in [0.25, 0.3) is 0 Å².